The number of piperidine rings is 1. The summed E-state index contributed by atoms with van der Waals surface area (Å²) in [5.74, 6) is -0.128. The summed E-state index contributed by atoms with van der Waals surface area (Å²) in [6.07, 6.45) is 7.91. The van der Waals surface area contributed by atoms with Crippen molar-refractivity contribution < 1.29 is 14.0 Å². The van der Waals surface area contributed by atoms with E-state index in [-0.39, 0.29) is 5.91 Å². The highest BCUT2D eigenvalue weighted by Crippen LogP contribution is 2.27. The van der Waals surface area contributed by atoms with Gasteiger partial charge in [-0.15, -0.1) is 0 Å². The molecule has 0 aliphatic carbocycles. The molecule has 2 amide bonds. The number of hydrogen-bond donors (Lipinski definition) is 2. The zero-order valence-corrected chi connectivity index (χ0v) is 13.9. The Morgan fingerprint density at radius 3 is 2.64 bits per heavy atom. The molecular weight excluding hydrogens is 318 g/mol. The Kier molecular flexibility index (Phi) is 5.18. The highest BCUT2D eigenvalue weighted by Gasteiger charge is 2.18. The van der Waals surface area contributed by atoms with Crippen molar-refractivity contribution in [1.82, 2.24) is 0 Å². The normalized spacial score (nSPS) is 14.6. The van der Waals surface area contributed by atoms with Gasteiger partial charge in [0, 0.05) is 24.9 Å². The van der Waals surface area contributed by atoms with Gasteiger partial charge >= 0.3 is 0 Å². The van der Waals surface area contributed by atoms with Gasteiger partial charge in [0.25, 0.3) is 5.91 Å². The summed E-state index contributed by atoms with van der Waals surface area (Å²) < 4.78 is 5.15. The molecule has 2 aromatic rings. The van der Waals surface area contributed by atoms with E-state index in [4.69, 9.17) is 10.2 Å². The van der Waals surface area contributed by atoms with Crippen LogP contribution in [0.25, 0.3) is 6.08 Å². The maximum atomic E-state index is 12.1. The molecule has 1 aliphatic heterocycles. The Balaban J connectivity index is 1.77. The first-order valence-corrected chi connectivity index (χ1v) is 8.35. The molecule has 3 N–H and O–H groups in total. The Morgan fingerprint density at radius 1 is 1.16 bits per heavy atom. The second kappa shape index (κ2) is 7.70. The van der Waals surface area contributed by atoms with Crippen molar-refractivity contribution in [3.8, 4) is 0 Å². The van der Waals surface area contributed by atoms with Gasteiger partial charge in [-0.05, 0) is 55.7 Å². The van der Waals surface area contributed by atoms with E-state index in [0.717, 1.165) is 31.6 Å². The third kappa shape index (κ3) is 4.29. The number of benzene rings is 1. The summed E-state index contributed by atoms with van der Waals surface area (Å²) in [5.41, 5.74) is 7.38. The largest absolute Gasteiger partial charge is 0.465 e. The van der Waals surface area contributed by atoms with Gasteiger partial charge < -0.3 is 20.4 Å². The molecule has 0 spiro atoms. The number of nitrogens with zero attached hydrogens (tertiary/aromatic N) is 1. The Hall–Kier alpha value is -3.02. The number of carbonyl (C=O) groups is 2. The number of rotatable bonds is 5. The van der Waals surface area contributed by atoms with E-state index >= 15 is 0 Å². The van der Waals surface area contributed by atoms with Gasteiger partial charge in [0.2, 0.25) is 5.91 Å². The molecule has 0 saturated carbocycles. The van der Waals surface area contributed by atoms with Crippen LogP contribution in [0.15, 0.2) is 47.1 Å². The second-order valence-electron chi connectivity index (χ2n) is 5.98. The first-order valence-electron chi connectivity index (χ1n) is 8.35. The topological polar surface area (TPSA) is 88.6 Å². The van der Waals surface area contributed by atoms with Gasteiger partial charge in [-0.1, -0.05) is 0 Å². The lowest BCUT2D eigenvalue weighted by Crippen LogP contribution is -2.31. The van der Waals surface area contributed by atoms with Crippen LogP contribution in [0.4, 0.5) is 11.4 Å². The molecule has 1 saturated heterocycles. The first kappa shape index (κ1) is 16.8. The van der Waals surface area contributed by atoms with E-state index in [1.54, 1.807) is 36.6 Å². The van der Waals surface area contributed by atoms with Crippen LogP contribution < -0.4 is 16.0 Å². The van der Waals surface area contributed by atoms with Crippen molar-refractivity contribution in [1.29, 1.82) is 0 Å². The van der Waals surface area contributed by atoms with E-state index < -0.39 is 5.91 Å². The van der Waals surface area contributed by atoms with Gasteiger partial charge in [0.1, 0.15) is 5.76 Å². The molecule has 2 heterocycles. The number of hydrogen-bond acceptors (Lipinski definition) is 4. The number of amides is 2. The van der Waals surface area contributed by atoms with Crippen LogP contribution in [0.1, 0.15) is 35.4 Å². The smallest absolute Gasteiger partial charge is 0.250 e. The number of nitrogens with one attached hydrogen (secondary N) is 1. The molecule has 1 aromatic carbocycles. The van der Waals surface area contributed by atoms with Crippen LogP contribution in [0.2, 0.25) is 0 Å². The van der Waals surface area contributed by atoms with Crippen LogP contribution in [0, 0.1) is 0 Å². The summed E-state index contributed by atoms with van der Waals surface area (Å²) in [6, 6.07) is 8.68. The minimum Gasteiger partial charge on any atom is -0.465 e. The van der Waals surface area contributed by atoms with Gasteiger partial charge in [0.15, 0.2) is 0 Å². The van der Waals surface area contributed by atoms with Gasteiger partial charge in [-0.2, -0.15) is 0 Å². The van der Waals surface area contributed by atoms with Gasteiger partial charge in [-0.25, -0.2) is 0 Å². The first-order chi connectivity index (χ1) is 12.1. The van der Waals surface area contributed by atoms with Crippen molar-refractivity contribution in [2.75, 3.05) is 23.3 Å². The highest BCUT2D eigenvalue weighted by atomic mass is 16.3. The van der Waals surface area contributed by atoms with E-state index in [0.29, 0.717) is 17.0 Å². The SMILES string of the molecule is NC(=O)c1ccc(NC(=O)/C=C\c2ccco2)cc1N1CCCCC1. The van der Waals surface area contributed by atoms with E-state index in [9.17, 15) is 9.59 Å². The lowest BCUT2D eigenvalue weighted by Gasteiger charge is -2.30. The van der Waals surface area contributed by atoms with Crippen LogP contribution in [0.3, 0.4) is 0 Å². The molecule has 25 heavy (non-hydrogen) atoms. The molecule has 6 heteroatoms. The maximum absolute atomic E-state index is 12.1. The lowest BCUT2D eigenvalue weighted by molar-refractivity contribution is -0.111. The molecule has 1 aliphatic rings. The van der Waals surface area contributed by atoms with Crippen LogP contribution in [0.5, 0.6) is 0 Å². The molecule has 0 radical (unpaired) electrons. The molecule has 3 rings (SSSR count). The summed E-state index contributed by atoms with van der Waals surface area (Å²) in [5, 5.41) is 2.80. The Bertz CT molecular complexity index is 775. The molecule has 1 aromatic heterocycles. The standard InChI is InChI=1S/C19H21N3O3/c20-19(24)16-8-6-14(13-17(16)22-10-2-1-3-11-22)21-18(23)9-7-15-5-4-12-25-15/h4-9,12-13H,1-3,10-11H2,(H2,20,24)(H,21,23)/b9-7-. The predicted octanol–water partition coefficient (Wildman–Crippen LogP) is 3.02. The number of furan rings is 1. The minimum absolute atomic E-state index is 0.271. The van der Waals surface area contributed by atoms with E-state index in [2.05, 4.69) is 10.2 Å². The fourth-order valence-electron chi connectivity index (χ4n) is 2.94. The van der Waals surface area contributed by atoms with Crippen molar-refractivity contribution >= 4 is 29.3 Å². The van der Waals surface area contributed by atoms with Crippen molar-refractivity contribution in [2.24, 2.45) is 5.73 Å². The summed E-state index contributed by atoms with van der Waals surface area (Å²) in [7, 11) is 0. The molecular formula is C19H21N3O3. The quantitative estimate of drug-likeness (QED) is 0.820. The minimum atomic E-state index is -0.462. The monoisotopic (exact) mass is 339 g/mol. The average molecular weight is 339 g/mol. The summed E-state index contributed by atoms with van der Waals surface area (Å²) in [6.45, 7) is 1.77. The maximum Gasteiger partial charge on any atom is 0.250 e. The molecule has 130 valence electrons. The highest BCUT2D eigenvalue weighted by molar-refractivity contribution is 6.04. The molecule has 0 unspecified atom stereocenters. The molecule has 1 fully saturated rings. The molecule has 0 bridgehead atoms. The zero-order valence-electron chi connectivity index (χ0n) is 13.9. The number of carbonyl (C=O) groups excluding carboxylic acids is 2. The second-order valence-corrected chi connectivity index (χ2v) is 5.98. The third-order valence-corrected chi connectivity index (χ3v) is 4.17. The van der Waals surface area contributed by atoms with Crippen molar-refractivity contribution in [3.05, 3.63) is 54.0 Å². The molecule has 0 atom stereocenters. The van der Waals surface area contributed by atoms with Gasteiger partial charge in [-0.3, -0.25) is 9.59 Å². The fourth-order valence-corrected chi connectivity index (χ4v) is 2.94. The van der Waals surface area contributed by atoms with Crippen LogP contribution in [-0.4, -0.2) is 24.9 Å². The summed E-state index contributed by atoms with van der Waals surface area (Å²) in [4.78, 5) is 25.9. The zero-order chi connectivity index (χ0) is 17.6. The van der Waals surface area contributed by atoms with E-state index in [1.807, 2.05) is 6.07 Å². The number of primary amides is 1. The van der Waals surface area contributed by atoms with Crippen molar-refractivity contribution in [3.63, 3.8) is 0 Å². The third-order valence-electron chi connectivity index (χ3n) is 4.17. The van der Waals surface area contributed by atoms with Crippen LogP contribution >= 0.6 is 0 Å². The Morgan fingerprint density at radius 2 is 1.96 bits per heavy atom. The van der Waals surface area contributed by atoms with Gasteiger partial charge in [0.05, 0.1) is 17.5 Å². The number of nitrogens with two attached hydrogens (primary N) is 1. The molecule has 6 nitrogen and oxygen atoms in total. The number of anilines is 2. The average Bonchev–Trinajstić information content (AvgIpc) is 3.14. The van der Waals surface area contributed by atoms with E-state index in [1.165, 1.54) is 12.5 Å². The predicted molar refractivity (Wildman–Crippen MR) is 97.4 cm³/mol. The van der Waals surface area contributed by atoms with Crippen LogP contribution in [-0.2, 0) is 4.79 Å². The fraction of sp³-hybridized carbons (Fsp3) is 0.263. The Labute approximate surface area is 146 Å². The van der Waals surface area contributed by atoms with Crippen molar-refractivity contribution in [2.45, 2.75) is 19.3 Å². The lowest BCUT2D eigenvalue weighted by atomic mass is 10.1. The summed E-state index contributed by atoms with van der Waals surface area (Å²) >= 11 is 0.